The number of hydrogen-bond donors (Lipinski definition) is 1. The predicted molar refractivity (Wildman–Crippen MR) is 92.4 cm³/mol. The predicted octanol–water partition coefficient (Wildman–Crippen LogP) is 5.59. The van der Waals surface area contributed by atoms with Crippen molar-refractivity contribution in [2.45, 2.75) is 32.7 Å². The first kappa shape index (κ1) is 16.4. The number of benzene rings is 2. The summed E-state index contributed by atoms with van der Waals surface area (Å²) in [6.07, 6.45) is 2.00. The highest BCUT2D eigenvalue weighted by atomic mass is 35.5. The van der Waals surface area contributed by atoms with Crippen molar-refractivity contribution < 1.29 is 0 Å². The number of rotatable bonds is 6. The standard InChI is InChI=1S/C18H21Cl2N/c1-3-10-21-18(11-14-7-5-4-6-13(14)2)16-12-15(19)8-9-17(16)20/h4-9,12,18,21H,3,10-11H2,1-2H3. The molecule has 112 valence electrons. The minimum absolute atomic E-state index is 0.178. The molecule has 2 rings (SSSR count). The summed E-state index contributed by atoms with van der Waals surface area (Å²) < 4.78 is 0. The van der Waals surface area contributed by atoms with Crippen molar-refractivity contribution in [1.29, 1.82) is 0 Å². The first-order valence-electron chi connectivity index (χ1n) is 7.34. The molecule has 1 atom stereocenters. The summed E-state index contributed by atoms with van der Waals surface area (Å²) in [5, 5.41) is 5.08. The third-order valence-corrected chi connectivity index (χ3v) is 4.24. The molecular weight excluding hydrogens is 301 g/mol. The largest absolute Gasteiger partial charge is 0.310 e. The van der Waals surface area contributed by atoms with E-state index < -0.39 is 0 Å². The zero-order valence-corrected chi connectivity index (χ0v) is 14.0. The van der Waals surface area contributed by atoms with Gasteiger partial charge in [0.2, 0.25) is 0 Å². The summed E-state index contributed by atoms with van der Waals surface area (Å²) in [5.41, 5.74) is 3.71. The molecule has 0 fully saturated rings. The minimum Gasteiger partial charge on any atom is -0.310 e. The average Bonchev–Trinajstić information content (AvgIpc) is 2.48. The maximum Gasteiger partial charge on any atom is 0.0454 e. The van der Waals surface area contributed by atoms with Gasteiger partial charge < -0.3 is 5.32 Å². The second-order valence-electron chi connectivity index (χ2n) is 5.30. The Labute approximate surface area is 137 Å². The molecule has 0 heterocycles. The van der Waals surface area contributed by atoms with E-state index >= 15 is 0 Å². The molecule has 0 amide bonds. The summed E-state index contributed by atoms with van der Waals surface area (Å²) in [6.45, 7) is 5.27. The van der Waals surface area contributed by atoms with Gasteiger partial charge in [-0.3, -0.25) is 0 Å². The van der Waals surface area contributed by atoms with E-state index in [2.05, 4.69) is 43.4 Å². The minimum atomic E-state index is 0.178. The van der Waals surface area contributed by atoms with Crippen LogP contribution >= 0.6 is 23.2 Å². The normalized spacial score (nSPS) is 12.4. The number of aryl methyl sites for hydroxylation is 1. The van der Waals surface area contributed by atoms with Crippen LogP contribution < -0.4 is 5.32 Å². The van der Waals surface area contributed by atoms with E-state index in [0.29, 0.717) is 0 Å². The van der Waals surface area contributed by atoms with Crippen molar-refractivity contribution >= 4 is 23.2 Å². The van der Waals surface area contributed by atoms with E-state index in [9.17, 15) is 0 Å². The van der Waals surface area contributed by atoms with Crippen LogP contribution in [-0.4, -0.2) is 6.54 Å². The van der Waals surface area contributed by atoms with E-state index in [1.165, 1.54) is 11.1 Å². The Bertz CT molecular complexity index is 596. The van der Waals surface area contributed by atoms with Crippen LogP contribution in [-0.2, 0) is 6.42 Å². The second kappa shape index (κ2) is 7.84. The average molecular weight is 322 g/mol. The summed E-state index contributed by atoms with van der Waals surface area (Å²) >= 11 is 12.5. The van der Waals surface area contributed by atoms with Gasteiger partial charge >= 0.3 is 0 Å². The van der Waals surface area contributed by atoms with Gasteiger partial charge in [0, 0.05) is 16.1 Å². The van der Waals surface area contributed by atoms with Crippen molar-refractivity contribution in [1.82, 2.24) is 5.32 Å². The molecule has 0 spiro atoms. The highest BCUT2D eigenvalue weighted by molar-refractivity contribution is 6.33. The number of halogens is 2. The monoisotopic (exact) mass is 321 g/mol. The molecule has 1 unspecified atom stereocenters. The van der Waals surface area contributed by atoms with Crippen LogP contribution in [0.5, 0.6) is 0 Å². The highest BCUT2D eigenvalue weighted by Crippen LogP contribution is 2.29. The maximum atomic E-state index is 6.38. The van der Waals surface area contributed by atoms with Crippen molar-refractivity contribution in [3.63, 3.8) is 0 Å². The zero-order valence-electron chi connectivity index (χ0n) is 12.5. The van der Waals surface area contributed by atoms with Crippen LogP contribution in [0.2, 0.25) is 10.0 Å². The van der Waals surface area contributed by atoms with Crippen LogP contribution in [0.4, 0.5) is 0 Å². The lowest BCUT2D eigenvalue weighted by Crippen LogP contribution is -2.24. The lowest BCUT2D eigenvalue weighted by Gasteiger charge is -2.21. The molecule has 0 aromatic heterocycles. The fourth-order valence-corrected chi connectivity index (χ4v) is 2.88. The molecule has 1 nitrogen and oxygen atoms in total. The third-order valence-electron chi connectivity index (χ3n) is 3.66. The molecule has 2 aromatic rings. The molecule has 2 aromatic carbocycles. The topological polar surface area (TPSA) is 12.0 Å². The van der Waals surface area contributed by atoms with E-state index in [4.69, 9.17) is 23.2 Å². The van der Waals surface area contributed by atoms with E-state index in [0.717, 1.165) is 35.0 Å². The summed E-state index contributed by atoms with van der Waals surface area (Å²) in [4.78, 5) is 0. The molecule has 0 aliphatic rings. The van der Waals surface area contributed by atoms with Gasteiger partial charge in [-0.2, -0.15) is 0 Å². The Morgan fingerprint density at radius 1 is 1.10 bits per heavy atom. The van der Waals surface area contributed by atoms with Crippen LogP contribution in [0, 0.1) is 6.92 Å². The fourth-order valence-electron chi connectivity index (χ4n) is 2.45. The Hall–Kier alpha value is -1.02. The summed E-state index contributed by atoms with van der Waals surface area (Å²) in [5.74, 6) is 0. The van der Waals surface area contributed by atoms with Gasteiger partial charge in [0.1, 0.15) is 0 Å². The first-order valence-corrected chi connectivity index (χ1v) is 8.10. The number of hydrogen-bond acceptors (Lipinski definition) is 1. The fraction of sp³-hybridized carbons (Fsp3) is 0.333. The van der Waals surface area contributed by atoms with Crippen molar-refractivity contribution in [2.75, 3.05) is 6.54 Å². The Balaban J connectivity index is 2.30. The van der Waals surface area contributed by atoms with Gasteiger partial charge in [-0.15, -0.1) is 0 Å². The molecule has 0 aliphatic carbocycles. The van der Waals surface area contributed by atoms with Crippen LogP contribution in [0.1, 0.15) is 36.1 Å². The van der Waals surface area contributed by atoms with Gasteiger partial charge in [-0.25, -0.2) is 0 Å². The number of nitrogens with one attached hydrogen (secondary N) is 1. The quantitative estimate of drug-likeness (QED) is 0.731. The van der Waals surface area contributed by atoms with Gasteiger partial charge in [0.05, 0.1) is 0 Å². The Morgan fingerprint density at radius 3 is 2.57 bits per heavy atom. The maximum absolute atomic E-state index is 6.38. The van der Waals surface area contributed by atoms with Crippen LogP contribution in [0.3, 0.4) is 0 Å². The SMILES string of the molecule is CCCNC(Cc1ccccc1C)c1cc(Cl)ccc1Cl. The first-order chi connectivity index (χ1) is 10.1. The van der Waals surface area contributed by atoms with E-state index in [1.54, 1.807) is 0 Å². The molecule has 21 heavy (non-hydrogen) atoms. The van der Waals surface area contributed by atoms with Crippen molar-refractivity contribution in [3.8, 4) is 0 Å². The van der Waals surface area contributed by atoms with E-state index in [-0.39, 0.29) is 6.04 Å². The Kier molecular flexibility index (Phi) is 6.10. The highest BCUT2D eigenvalue weighted by Gasteiger charge is 2.16. The molecule has 0 aliphatic heterocycles. The lowest BCUT2D eigenvalue weighted by atomic mass is 9.96. The van der Waals surface area contributed by atoms with Crippen LogP contribution in [0.15, 0.2) is 42.5 Å². The zero-order chi connectivity index (χ0) is 15.2. The third kappa shape index (κ3) is 4.47. The van der Waals surface area contributed by atoms with E-state index in [1.807, 2.05) is 18.2 Å². The molecule has 0 saturated heterocycles. The lowest BCUT2D eigenvalue weighted by molar-refractivity contribution is 0.528. The van der Waals surface area contributed by atoms with Crippen LogP contribution in [0.25, 0.3) is 0 Å². The molecule has 1 N–H and O–H groups in total. The summed E-state index contributed by atoms with van der Waals surface area (Å²) in [7, 11) is 0. The van der Waals surface area contributed by atoms with Gasteiger partial charge in [0.15, 0.2) is 0 Å². The summed E-state index contributed by atoms with van der Waals surface area (Å²) in [6, 6.07) is 14.3. The smallest absolute Gasteiger partial charge is 0.0454 e. The second-order valence-corrected chi connectivity index (χ2v) is 6.15. The Morgan fingerprint density at radius 2 is 1.86 bits per heavy atom. The molecular formula is C18H21Cl2N. The van der Waals surface area contributed by atoms with Gasteiger partial charge in [0.25, 0.3) is 0 Å². The van der Waals surface area contributed by atoms with Gasteiger partial charge in [-0.05, 0) is 61.2 Å². The van der Waals surface area contributed by atoms with Crippen molar-refractivity contribution in [3.05, 3.63) is 69.2 Å². The molecule has 0 bridgehead atoms. The molecule has 3 heteroatoms. The molecule has 0 radical (unpaired) electrons. The van der Waals surface area contributed by atoms with Crippen molar-refractivity contribution in [2.24, 2.45) is 0 Å². The van der Waals surface area contributed by atoms with Gasteiger partial charge in [-0.1, -0.05) is 54.4 Å². The molecule has 0 saturated carbocycles.